The number of carbonyl (C=O) groups is 1. The predicted octanol–water partition coefficient (Wildman–Crippen LogP) is 4.60. The van der Waals surface area contributed by atoms with Crippen LogP contribution < -0.4 is 0 Å². The minimum Gasteiger partial charge on any atom is -0.477 e. The molecule has 0 radical (unpaired) electrons. The lowest BCUT2D eigenvalue weighted by molar-refractivity contribution is 0.0699. The molecule has 0 saturated carbocycles. The number of carboxylic acid groups (broad SMARTS) is 1. The highest BCUT2D eigenvalue weighted by atomic mass is 35.5. The van der Waals surface area contributed by atoms with Gasteiger partial charge in [0, 0.05) is 16.0 Å². The van der Waals surface area contributed by atoms with E-state index in [1.54, 1.807) is 6.07 Å². The fourth-order valence-corrected chi connectivity index (χ4v) is 3.05. The molecule has 2 aromatic rings. The highest BCUT2D eigenvalue weighted by molar-refractivity contribution is 7.17. The third-order valence-electron chi connectivity index (χ3n) is 2.69. The van der Waals surface area contributed by atoms with Crippen LogP contribution in [-0.2, 0) is 5.41 Å². The largest absolute Gasteiger partial charge is 0.477 e. The molecule has 0 spiro atoms. The predicted molar refractivity (Wildman–Crippen MR) is 78.2 cm³/mol. The molecule has 1 aromatic carbocycles. The van der Waals surface area contributed by atoms with Crippen molar-refractivity contribution in [3.63, 3.8) is 0 Å². The summed E-state index contributed by atoms with van der Waals surface area (Å²) in [6.45, 7) is 5.61. The SMILES string of the molecule is CC(C)(C)c1nc(-c2ccc(Cl)cc2F)sc1C(=O)O. The standard InChI is InChI=1S/C14H13ClFNO2S/c1-14(2,3)11-10(13(18)19)20-12(17-11)8-5-4-7(15)6-9(8)16/h4-6H,1-3H3,(H,18,19). The van der Waals surface area contributed by atoms with Crippen molar-refractivity contribution in [1.29, 1.82) is 0 Å². The van der Waals surface area contributed by atoms with Crippen LogP contribution in [0.1, 0.15) is 36.1 Å². The van der Waals surface area contributed by atoms with E-state index in [4.69, 9.17) is 11.6 Å². The molecule has 6 heteroatoms. The summed E-state index contributed by atoms with van der Waals surface area (Å²) in [5, 5.41) is 9.90. The molecular formula is C14H13ClFNO2S. The van der Waals surface area contributed by atoms with Gasteiger partial charge in [-0.2, -0.15) is 0 Å². The van der Waals surface area contributed by atoms with Gasteiger partial charge in [-0.05, 0) is 18.2 Å². The molecule has 0 amide bonds. The molecule has 0 fully saturated rings. The first-order chi connectivity index (χ1) is 9.20. The number of benzene rings is 1. The number of hydrogen-bond donors (Lipinski definition) is 1. The quantitative estimate of drug-likeness (QED) is 0.881. The van der Waals surface area contributed by atoms with Crippen molar-refractivity contribution in [2.45, 2.75) is 26.2 Å². The molecule has 0 aliphatic carbocycles. The van der Waals surface area contributed by atoms with Gasteiger partial charge in [0.15, 0.2) is 0 Å². The zero-order valence-corrected chi connectivity index (χ0v) is 12.8. The highest BCUT2D eigenvalue weighted by Crippen LogP contribution is 2.35. The Labute approximate surface area is 125 Å². The van der Waals surface area contributed by atoms with E-state index in [1.165, 1.54) is 12.1 Å². The lowest BCUT2D eigenvalue weighted by atomic mass is 9.91. The van der Waals surface area contributed by atoms with E-state index in [-0.39, 0.29) is 15.5 Å². The lowest BCUT2D eigenvalue weighted by Crippen LogP contribution is -2.16. The molecule has 0 aliphatic heterocycles. The number of halogens is 2. The van der Waals surface area contributed by atoms with Crippen LogP contribution >= 0.6 is 22.9 Å². The van der Waals surface area contributed by atoms with Gasteiger partial charge < -0.3 is 5.11 Å². The Bertz CT molecular complexity index is 676. The van der Waals surface area contributed by atoms with Crippen molar-refractivity contribution in [1.82, 2.24) is 4.98 Å². The van der Waals surface area contributed by atoms with E-state index < -0.39 is 17.2 Å². The number of aromatic carboxylic acids is 1. The zero-order valence-electron chi connectivity index (χ0n) is 11.2. The van der Waals surface area contributed by atoms with Crippen LogP contribution in [0, 0.1) is 5.82 Å². The van der Waals surface area contributed by atoms with Crippen molar-refractivity contribution in [3.05, 3.63) is 39.6 Å². The van der Waals surface area contributed by atoms with Crippen LogP contribution in [0.15, 0.2) is 18.2 Å². The summed E-state index contributed by atoms with van der Waals surface area (Å²) in [6.07, 6.45) is 0. The van der Waals surface area contributed by atoms with Crippen molar-refractivity contribution < 1.29 is 14.3 Å². The maximum absolute atomic E-state index is 13.9. The van der Waals surface area contributed by atoms with Crippen molar-refractivity contribution in [2.24, 2.45) is 0 Å². The van der Waals surface area contributed by atoms with Crippen LogP contribution in [0.2, 0.25) is 5.02 Å². The molecule has 0 atom stereocenters. The van der Waals surface area contributed by atoms with E-state index in [0.29, 0.717) is 10.7 Å². The Hall–Kier alpha value is -1.46. The minimum atomic E-state index is -1.05. The van der Waals surface area contributed by atoms with Crippen LogP contribution in [0.4, 0.5) is 4.39 Å². The van der Waals surface area contributed by atoms with E-state index in [0.717, 1.165) is 11.3 Å². The van der Waals surface area contributed by atoms with Crippen LogP contribution in [0.5, 0.6) is 0 Å². The fraction of sp³-hybridized carbons (Fsp3) is 0.286. The molecule has 1 heterocycles. The topological polar surface area (TPSA) is 50.2 Å². The summed E-state index contributed by atoms with van der Waals surface area (Å²) in [4.78, 5) is 15.8. The van der Waals surface area contributed by atoms with Gasteiger partial charge in [0.2, 0.25) is 0 Å². The minimum absolute atomic E-state index is 0.141. The Morgan fingerprint density at radius 1 is 1.40 bits per heavy atom. The Kier molecular flexibility index (Phi) is 3.84. The van der Waals surface area contributed by atoms with Gasteiger partial charge in [-0.3, -0.25) is 0 Å². The second-order valence-electron chi connectivity index (χ2n) is 5.38. The second kappa shape index (κ2) is 5.14. The third-order valence-corrected chi connectivity index (χ3v) is 4.01. The normalized spacial score (nSPS) is 11.7. The lowest BCUT2D eigenvalue weighted by Gasteiger charge is -2.16. The zero-order chi connectivity index (χ0) is 15.1. The average Bonchev–Trinajstić information content (AvgIpc) is 2.73. The maximum Gasteiger partial charge on any atom is 0.347 e. The first kappa shape index (κ1) is 14.9. The number of hydrogen-bond acceptors (Lipinski definition) is 3. The molecule has 0 aliphatic rings. The van der Waals surface area contributed by atoms with Crippen molar-refractivity contribution in [3.8, 4) is 10.6 Å². The van der Waals surface area contributed by atoms with Gasteiger partial charge in [-0.15, -0.1) is 11.3 Å². The van der Waals surface area contributed by atoms with Gasteiger partial charge in [0.1, 0.15) is 15.7 Å². The molecule has 2 rings (SSSR count). The summed E-state index contributed by atoms with van der Waals surface area (Å²) in [5.41, 5.74) is 0.294. The summed E-state index contributed by atoms with van der Waals surface area (Å²) in [6, 6.07) is 4.25. The fourth-order valence-electron chi connectivity index (χ4n) is 1.75. The van der Waals surface area contributed by atoms with Crippen LogP contribution in [0.25, 0.3) is 10.6 Å². The molecule has 3 nitrogen and oxygen atoms in total. The smallest absolute Gasteiger partial charge is 0.347 e. The van der Waals surface area contributed by atoms with Crippen molar-refractivity contribution >= 4 is 28.9 Å². The Balaban J connectivity index is 2.62. The van der Waals surface area contributed by atoms with Gasteiger partial charge in [-0.1, -0.05) is 32.4 Å². The summed E-state index contributed by atoms with van der Waals surface area (Å²) >= 11 is 6.69. The first-order valence-electron chi connectivity index (χ1n) is 5.90. The molecule has 0 saturated heterocycles. The van der Waals surface area contributed by atoms with Crippen LogP contribution in [-0.4, -0.2) is 16.1 Å². The van der Waals surface area contributed by atoms with Gasteiger partial charge in [0.05, 0.1) is 5.69 Å². The van der Waals surface area contributed by atoms with Crippen molar-refractivity contribution in [2.75, 3.05) is 0 Å². The van der Waals surface area contributed by atoms with Crippen LogP contribution in [0.3, 0.4) is 0 Å². The van der Waals surface area contributed by atoms with Gasteiger partial charge in [-0.25, -0.2) is 14.2 Å². The maximum atomic E-state index is 13.9. The number of nitrogens with zero attached hydrogens (tertiary/aromatic N) is 1. The number of carboxylic acids is 1. The van der Waals surface area contributed by atoms with E-state index in [9.17, 15) is 14.3 Å². The summed E-state index contributed by atoms with van der Waals surface area (Å²) < 4.78 is 13.9. The molecule has 0 bridgehead atoms. The summed E-state index contributed by atoms with van der Waals surface area (Å²) in [7, 11) is 0. The van der Waals surface area contributed by atoms with E-state index in [1.807, 2.05) is 20.8 Å². The first-order valence-corrected chi connectivity index (χ1v) is 7.09. The van der Waals surface area contributed by atoms with E-state index in [2.05, 4.69) is 4.98 Å². The van der Waals surface area contributed by atoms with E-state index >= 15 is 0 Å². The number of rotatable bonds is 2. The molecule has 1 aromatic heterocycles. The monoisotopic (exact) mass is 313 g/mol. The molecular weight excluding hydrogens is 301 g/mol. The number of aromatic nitrogens is 1. The highest BCUT2D eigenvalue weighted by Gasteiger charge is 2.27. The number of thiazole rings is 1. The third kappa shape index (κ3) is 2.83. The average molecular weight is 314 g/mol. The molecule has 106 valence electrons. The summed E-state index contributed by atoms with van der Waals surface area (Å²) in [5.74, 6) is -1.56. The Morgan fingerprint density at radius 2 is 2.05 bits per heavy atom. The van der Waals surface area contributed by atoms with Gasteiger partial charge >= 0.3 is 5.97 Å². The Morgan fingerprint density at radius 3 is 2.50 bits per heavy atom. The second-order valence-corrected chi connectivity index (χ2v) is 6.81. The molecule has 0 unspecified atom stereocenters. The molecule has 1 N–H and O–H groups in total. The molecule has 20 heavy (non-hydrogen) atoms. The van der Waals surface area contributed by atoms with Gasteiger partial charge in [0.25, 0.3) is 0 Å².